The van der Waals surface area contributed by atoms with Gasteiger partial charge in [0.1, 0.15) is 12.9 Å². The summed E-state index contributed by atoms with van der Waals surface area (Å²) in [5.41, 5.74) is 5.99. The Labute approximate surface area is 129 Å². The number of nitrogens with two attached hydrogens (primary N) is 1. The molecule has 2 unspecified atom stereocenters. The molecule has 1 aromatic heterocycles. The number of nitrogens with zero attached hydrogens (tertiary/aromatic N) is 6. The van der Waals surface area contributed by atoms with Gasteiger partial charge in [0, 0.05) is 26.2 Å². The van der Waals surface area contributed by atoms with Crippen LogP contribution >= 0.6 is 0 Å². The Hall–Kier alpha value is -2.03. The summed E-state index contributed by atoms with van der Waals surface area (Å²) in [6, 6.07) is -0.464. The average Bonchev–Trinajstić information content (AvgIpc) is 3.05. The lowest BCUT2D eigenvalue weighted by atomic mass is 9.98. The molecule has 0 bridgehead atoms. The summed E-state index contributed by atoms with van der Waals surface area (Å²) in [6.45, 7) is 6.18. The highest BCUT2D eigenvalue weighted by molar-refractivity contribution is 5.82. The van der Waals surface area contributed by atoms with E-state index in [-0.39, 0.29) is 24.3 Å². The zero-order chi connectivity index (χ0) is 16.1. The van der Waals surface area contributed by atoms with E-state index in [1.54, 1.807) is 9.80 Å². The normalized spacial score (nSPS) is 18.1. The number of hydrogen-bond acceptors (Lipinski definition) is 6. The van der Waals surface area contributed by atoms with Crippen LogP contribution in [-0.4, -0.2) is 74.0 Å². The molecule has 2 amide bonds. The molecule has 0 spiro atoms. The van der Waals surface area contributed by atoms with E-state index in [1.165, 1.54) is 11.0 Å². The van der Waals surface area contributed by atoms with Gasteiger partial charge in [0.15, 0.2) is 0 Å². The zero-order valence-corrected chi connectivity index (χ0v) is 13.1. The summed E-state index contributed by atoms with van der Waals surface area (Å²) in [6.07, 6.45) is 2.28. The predicted octanol–water partition coefficient (Wildman–Crippen LogP) is -1.28. The molecule has 122 valence electrons. The van der Waals surface area contributed by atoms with Crippen molar-refractivity contribution in [1.29, 1.82) is 0 Å². The summed E-state index contributed by atoms with van der Waals surface area (Å²) >= 11 is 0. The Bertz CT molecular complexity index is 496. The van der Waals surface area contributed by atoms with Crippen molar-refractivity contribution in [3.05, 3.63) is 6.33 Å². The largest absolute Gasteiger partial charge is 0.338 e. The maximum Gasteiger partial charge on any atom is 0.244 e. The summed E-state index contributed by atoms with van der Waals surface area (Å²) in [5, 5.41) is 10.7. The van der Waals surface area contributed by atoms with Crippen LogP contribution in [0.4, 0.5) is 0 Å². The Kier molecular flexibility index (Phi) is 5.42. The van der Waals surface area contributed by atoms with Crippen molar-refractivity contribution in [2.75, 3.05) is 26.2 Å². The molecule has 2 rings (SSSR count). The Balaban J connectivity index is 1.82. The van der Waals surface area contributed by atoms with Crippen LogP contribution in [0.25, 0.3) is 0 Å². The number of carbonyl (C=O) groups is 2. The molecule has 9 nitrogen and oxygen atoms in total. The highest BCUT2D eigenvalue weighted by atomic mass is 16.2. The van der Waals surface area contributed by atoms with Crippen molar-refractivity contribution in [2.45, 2.75) is 32.9 Å². The van der Waals surface area contributed by atoms with Crippen molar-refractivity contribution in [3.63, 3.8) is 0 Å². The molecule has 2 N–H and O–H groups in total. The monoisotopic (exact) mass is 309 g/mol. The van der Waals surface area contributed by atoms with Gasteiger partial charge in [-0.1, -0.05) is 20.3 Å². The second kappa shape index (κ2) is 7.30. The first kappa shape index (κ1) is 16.3. The van der Waals surface area contributed by atoms with Crippen molar-refractivity contribution in [3.8, 4) is 0 Å². The first-order valence-electron chi connectivity index (χ1n) is 7.55. The van der Waals surface area contributed by atoms with Gasteiger partial charge in [0.2, 0.25) is 11.8 Å². The lowest BCUT2D eigenvalue weighted by molar-refractivity contribution is -0.141. The number of hydrogen-bond donors (Lipinski definition) is 1. The van der Waals surface area contributed by atoms with Gasteiger partial charge in [0.25, 0.3) is 0 Å². The molecule has 1 aromatic rings. The van der Waals surface area contributed by atoms with E-state index < -0.39 is 6.04 Å². The van der Waals surface area contributed by atoms with E-state index in [1.807, 2.05) is 13.8 Å². The first-order chi connectivity index (χ1) is 10.5. The van der Waals surface area contributed by atoms with Crippen LogP contribution in [0.1, 0.15) is 20.3 Å². The fraction of sp³-hybridized carbons (Fsp3) is 0.769. The van der Waals surface area contributed by atoms with Crippen LogP contribution in [0.5, 0.6) is 0 Å². The molecular formula is C13H23N7O2. The van der Waals surface area contributed by atoms with Gasteiger partial charge < -0.3 is 15.5 Å². The smallest absolute Gasteiger partial charge is 0.244 e. The lowest BCUT2D eigenvalue weighted by Crippen LogP contribution is -2.55. The van der Waals surface area contributed by atoms with Gasteiger partial charge in [0.05, 0.1) is 6.04 Å². The second-order valence-electron chi connectivity index (χ2n) is 5.62. The minimum absolute atomic E-state index is 0.0260. The summed E-state index contributed by atoms with van der Waals surface area (Å²) < 4.78 is 1.39. The van der Waals surface area contributed by atoms with Crippen molar-refractivity contribution >= 4 is 11.8 Å². The lowest BCUT2D eigenvalue weighted by Gasteiger charge is -2.36. The highest BCUT2D eigenvalue weighted by Crippen LogP contribution is 2.11. The second-order valence-corrected chi connectivity index (χ2v) is 5.62. The predicted molar refractivity (Wildman–Crippen MR) is 78.4 cm³/mol. The van der Waals surface area contributed by atoms with Crippen molar-refractivity contribution in [1.82, 2.24) is 30.0 Å². The van der Waals surface area contributed by atoms with Crippen molar-refractivity contribution in [2.24, 2.45) is 11.7 Å². The third-order valence-electron chi connectivity index (χ3n) is 4.17. The molecule has 2 atom stereocenters. The highest BCUT2D eigenvalue weighted by Gasteiger charge is 2.29. The molecule has 2 heterocycles. The summed E-state index contributed by atoms with van der Waals surface area (Å²) in [7, 11) is 0. The molecule has 0 radical (unpaired) electrons. The maximum atomic E-state index is 12.3. The number of piperazine rings is 1. The number of amides is 2. The third-order valence-corrected chi connectivity index (χ3v) is 4.17. The van der Waals surface area contributed by atoms with Gasteiger partial charge in [-0.25, -0.2) is 4.68 Å². The molecule has 9 heteroatoms. The maximum absolute atomic E-state index is 12.3. The minimum Gasteiger partial charge on any atom is -0.338 e. The van der Waals surface area contributed by atoms with E-state index in [0.717, 1.165) is 6.42 Å². The minimum atomic E-state index is -0.464. The van der Waals surface area contributed by atoms with E-state index in [2.05, 4.69) is 15.5 Å². The van der Waals surface area contributed by atoms with Gasteiger partial charge in [-0.2, -0.15) is 0 Å². The van der Waals surface area contributed by atoms with Crippen molar-refractivity contribution < 1.29 is 9.59 Å². The van der Waals surface area contributed by atoms with Crippen LogP contribution in [0.3, 0.4) is 0 Å². The van der Waals surface area contributed by atoms with Crippen LogP contribution in [-0.2, 0) is 16.1 Å². The third kappa shape index (κ3) is 3.79. The van der Waals surface area contributed by atoms with Crippen LogP contribution in [0, 0.1) is 5.92 Å². The van der Waals surface area contributed by atoms with E-state index in [0.29, 0.717) is 26.2 Å². The Morgan fingerprint density at radius 3 is 2.41 bits per heavy atom. The molecule has 0 saturated carbocycles. The molecule has 0 aromatic carbocycles. The van der Waals surface area contributed by atoms with Gasteiger partial charge >= 0.3 is 0 Å². The zero-order valence-electron chi connectivity index (χ0n) is 13.1. The molecule has 0 aliphatic carbocycles. The topological polar surface area (TPSA) is 110 Å². The number of aromatic nitrogens is 4. The van der Waals surface area contributed by atoms with E-state index in [4.69, 9.17) is 5.73 Å². The fourth-order valence-electron chi connectivity index (χ4n) is 2.38. The summed E-state index contributed by atoms with van der Waals surface area (Å²) in [5.74, 6) is 0.0829. The van der Waals surface area contributed by atoms with E-state index in [9.17, 15) is 9.59 Å². The fourth-order valence-corrected chi connectivity index (χ4v) is 2.38. The SMILES string of the molecule is CCC(C)C(N)C(=O)N1CCN(C(=O)Cn2cnnn2)CC1. The van der Waals surface area contributed by atoms with Gasteiger partial charge in [-0.05, 0) is 16.3 Å². The van der Waals surface area contributed by atoms with Crippen LogP contribution in [0.2, 0.25) is 0 Å². The molecule has 1 aliphatic heterocycles. The first-order valence-corrected chi connectivity index (χ1v) is 7.55. The molecule has 22 heavy (non-hydrogen) atoms. The Morgan fingerprint density at radius 2 is 1.86 bits per heavy atom. The van der Waals surface area contributed by atoms with E-state index >= 15 is 0 Å². The van der Waals surface area contributed by atoms with Crippen LogP contribution < -0.4 is 5.73 Å². The summed E-state index contributed by atoms with van der Waals surface area (Å²) in [4.78, 5) is 27.9. The van der Waals surface area contributed by atoms with Crippen LogP contribution in [0.15, 0.2) is 6.33 Å². The standard InChI is InChI=1S/C13H23N7O2/c1-3-10(2)12(14)13(22)19-6-4-18(5-7-19)11(21)8-20-9-15-16-17-20/h9-10,12H,3-8,14H2,1-2H3. The number of carbonyl (C=O) groups excluding carboxylic acids is 2. The van der Waals surface area contributed by atoms with Gasteiger partial charge in [-0.3, -0.25) is 9.59 Å². The quantitative estimate of drug-likeness (QED) is 0.725. The molecule has 1 aliphatic rings. The average molecular weight is 309 g/mol. The Morgan fingerprint density at radius 1 is 1.23 bits per heavy atom. The molecular weight excluding hydrogens is 286 g/mol. The number of rotatable bonds is 5. The number of tetrazole rings is 1. The molecule has 1 saturated heterocycles. The molecule has 1 fully saturated rings. The van der Waals surface area contributed by atoms with Gasteiger partial charge in [-0.15, -0.1) is 5.10 Å².